The van der Waals surface area contributed by atoms with Crippen molar-refractivity contribution < 1.29 is 4.79 Å². The highest BCUT2D eigenvalue weighted by Gasteiger charge is 2.20. The highest BCUT2D eigenvalue weighted by atomic mass is 16.1. The molecule has 2 rings (SSSR count). The molecule has 3 N–H and O–H groups in total. The topological polar surface area (TPSA) is 65.5 Å². The third-order valence-corrected chi connectivity index (χ3v) is 4.90. The standard InChI is InChI=1S/C21H34N4O/c1-16-13-17(2)15-18(14-16)9-10-24-21(22-3)25-12-11-23-20(26)19-7-5-4-6-8-19/h13-15,19H,4-12H2,1-3H3,(H,23,26)(H2,22,24,25). The molecule has 1 saturated carbocycles. The number of guanidine groups is 1. The van der Waals surface area contributed by atoms with Gasteiger partial charge in [-0.15, -0.1) is 0 Å². The Labute approximate surface area is 158 Å². The number of benzene rings is 1. The number of carbonyl (C=O) groups excluding carboxylic acids is 1. The highest BCUT2D eigenvalue weighted by Crippen LogP contribution is 2.23. The number of hydrogen-bond acceptors (Lipinski definition) is 2. The van der Waals surface area contributed by atoms with Crippen molar-refractivity contribution in [3.8, 4) is 0 Å². The second-order valence-corrected chi connectivity index (χ2v) is 7.30. The van der Waals surface area contributed by atoms with Crippen LogP contribution in [0.25, 0.3) is 0 Å². The fourth-order valence-electron chi connectivity index (χ4n) is 3.63. The van der Waals surface area contributed by atoms with Crippen LogP contribution in [-0.4, -0.2) is 38.5 Å². The Morgan fingerprint density at radius 1 is 0.962 bits per heavy atom. The molecule has 0 radical (unpaired) electrons. The molecule has 1 fully saturated rings. The smallest absolute Gasteiger partial charge is 0.223 e. The van der Waals surface area contributed by atoms with Gasteiger partial charge >= 0.3 is 0 Å². The van der Waals surface area contributed by atoms with Crippen molar-refractivity contribution >= 4 is 11.9 Å². The number of aliphatic imine (C=N–C) groups is 1. The van der Waals surface area contributed by atoms with E-state index in [0.717, 1.165) is 31.8 Å². The monoisotopic (exact) mass is 358 g/mol. The largest absolute Gasteiger partial charge is 0.356 e. The van der Waals surface area contributed by atoms with Gasteiger partial charge in [-0.3, -0.25) is 9.79 Å². The van der Waals surface area contributed by atoms with Gasteiger partial charge in [-0.1, -0.05) is 48.6 Å². The van der Waals surface area contributed by atoms with E-state index in [-0.39, 0.29) is 11.8 Å². The van der Waals surface area contributed by atoms with Crippen LogP contribution in [0.5, 0.6) is 0 Å². The van der Waals surface area contributed by atoms with Crippen molar-refractivity contribution in [1.82, 2.24) is 16.0 Å². The van der Waals surface area contributed by atoms with Gasteiger partial charge in [-0.2, -0.15) is 0 Å². The molecule has 0 atom stereocenters. The Morgan fingerprint density at radius 3 is 2.23 bits per heavy atom. The highest BCUT2D eigenvalue weighted by molar-refractivity contribution is 5.80. The predicted molar refractivity (Wildman–Crippen MR) is 109 cm³/mol. The second kappa shape index (κ2) is 10.8. The number of rotatable bonds is 7. The van der Waals surface area contributed by atoms with Crippen molar-refractivity contribution in [3.63, 3.8) is 0 Å². The van der Waals surface area contributed by atoms with E-state index in [2.05, 4.69) is 53.0 Å². The predicted octanol–water partition coefficient (Wildman–Crippen LogP) is 2.71. The third-order valence-electron chi connectivity index (χ3n) is 4.90. The lowest BCUT2D eigenvalue weighted by atomic mass is 9.89. The van der Waals surface area contributed by atoms with E-state index >= 15 is 0 Å². The first kappa shape index (κ1) is 20.3. The summed E-state index contributed by atoms with van der Waals surface area (Å²) in [5.41, 5.74) is 3.94. The summed E-state index contributed by atoms with van der Waals surface area (Å²) < 4.78 is 0. The number of nitrogens with one attached hydrogen (secondary N) is 3. The molecule has 26 heavy (non-hydrogen) atoms. The molecule has 0 aromatic heterocycles. The maximum atomic E-state index is 12.1. The molecule has 0 bridgehead atoms. The Hall–Kier alpha value is -2.04. The van der Waals surface area contributed by atoms with Gasteiger partial charge in [0.15, 0.2) is 5.96 Å². The summed E-state index contributed by atoms with van der Waals surface area (Å²) in [5, 5.41) is 9.64. The van der Waals surface area contributed by atoms with Gasteiger partial charge in [-0.05, 0) is 38.7 Å². The van der Waals surface area contributed by atoms with E-state index < -0.39 is 0 Å². The fourth-order valence-corrected chi connectivity index (χ4v) is 3.63. The molecule has 0 unspecified atom stereocenters. The Bertz CT molecular complexity index is 586. The van der Waals surface area contributed by atoms with Crippen molar-refractivity contribution in [2.24, 2.45) is 10.9 Å². The minimum absolute atomic E-state index is 0.212. The number of amides is 1. The zero-order valence-electron chi connectivity index (χ0n) is 16.5. The molecule has 1 aliphatic rings. The SMILES string of the molecule is CN=C(NCCNC(=O)C1CCCCC1)NCCc1cc(C)cc(C)c1. The van der Waals surface area contributed by atoms with Crippen molar-refractivity contribution in [2.45, 2.75) is 52.4 Å². The maximum absolute atomic E-state index is 12.1. The van der Waals surface area contributed by atoms with Crippen molar-refractivity contribution in [3.05, 3.63) is 34.9 Å². The molecular weight excluding hydrogens is 324 g/mol. The van der Waals surface area contributed by atoms with Crippen LogP contribution < -0.4 is 16.0 Å². The molecule has 5 heteroatoms. The quantitative estimate of drug-likeness (QED) is 0.399. The summed E-state index contributed by atoms with van der Waals surface area (Å²) >= 11 is 0. The first-order valence-corrected chi connectivity index (χ1v) is 9.88. The summed E-state index contributed by atoms with van der Waals surface area (Å²) in [6.45, 7) is 6.41. The lowest BCUT2D eigenvalue weighted by Crippen LogP contribution is -2.43. The maximum Gasteiger partial charge on any atom is 0.223 e. The Kier molecular flexibility index (Phi) is 8.45. The summed E-state index contributed by atoms with van der Waals surface area (Å²) in [5.74, 6) is 1.21. The molecule has 5 nitrogen and oxygen atoms in total. The lowest BCUT2D eigenvalue weighted by molar-refractivity contribution is -0.125. The molecule has 144 valence electrons. The molecule has 1 amide bonds. The number of aryl methyl sites for hydroxylation is 2. The molecular formula is C21H34N4O. The van der Waals surface area contributed by atoms with E-state index in [0.29, 0.717) is 13.1 Å². The summed E-state index contributed by atoms with van der Waals surface area (Å²) in [4.78, 5) is 16.4. The van der Waals surface area contributed by atoms with E-state index in [9.17, 15) is 4.79 Å². The minimum Gasteiger partial charge on any atom is -0.356 e. The fraction of sp³-hybridized carbons (Fsp3) is 0.619. The van der Waals surface area contributed by atoms with Crippen LogP contribution in [0.15, 0.2) is 23.2 Å². The van der Waals surface area contributed by atoms with Gasteiger partial charge in [0.25, 0.3) is 0 Å². The minimum atomic E-state index is 0.212. The van der Waals surface area contributed by atoms with Gasteiger partial charge in [0.2, 0.25) is 5.91 Å². The lowest BCUT2D eigenvalue weighted by Gasteiger charge is -2.21. The van der Waals surface area contributed by atoms with Gasteiger partial charge < -0.3 is 16.0 Å². The first-order valence-electron chi connectivity index (χ1n) is 9.88. The zero-order chi connectivity index (χ0) is 18.8. The molecule has 0 heterocycles. The van der Waals surface area contributed by atoms with E-state index in [1.165, 1.54) is 36.0 Å². The summed E-state index contributed by atoms with van der Waals surface area (Å²) in [6.07, 6.45) is 6.69. The van der Waals surface area contributed by atoms with Crippen molar-refractivity contribution in [1.29, 1.82) is 0 Å². The number of nitrogens with zero attached hydrogens (tertiary/aromatic N) is 1. The van der Waals surface area contributed by atoms with Crippen LogP contribution in [0.1, 0.15) is 48.8 Å². The van der Waals surface area contributed by atoms with Crippen LogP contribution in [0.4, 0.5) is 0 Å². The molecule has 1 aromatic rings. The van der Waals surface area contributed by atoms with Crippen LogP contribution in [0.2, 0.25) is 0 Å². The number of hydrogen-bond donors (Lipinski definition) is 3. The van der Waals surface area contributed by atoms with Crippen LogP contribution >= 0.6 is 0 Å². The molecule has 0 spiro atoms. The molecule has 0 saturated heterocycles. The van der Waals surface area contributed by atoms with E-state index in [1.54, 1.807) is 7.05 Å². The molecule has 0 aliphatic heterocycles. The third kappa shape index (κ3) is 7.06. The average molecular weight is 359 g/mol. The van der Waals surface area contributed by atoms with Gasteiger partial charge in [-0.25, -0.2) is 0 Å². The summed E-state index contributed by atoms with van der Waals surface area (Å²) in [7, 11) is 1.77. The normalized spacial score (nSPS) is 15.6. The van der Waals surface area contributed by atoms with Gasteiger partial charge in [0.05, 0.1) is 0 Å². The van der Waals surface area contributed by atoms with E-state index in [1.807, 2.05) is 0 Å². The van der Waals surface area contributed by atoms with E-state index in [4.69, 9.17) is 0 Å². The Morgan fingerprint density at radius 2 is 1.58 bits per heavy atom. The summed E-state index contributed by atoms with van der Waals surface area (Å²) in [6, 6.07) is 6.65. The molecule has 1 aromatic carbocycles. The second-order valence-electron chi connectivity index (χ2n) is 7.30. The number of carbonyl (C=O) groups is 1. The van der Waals surface area contributed by atoms with Gasteiger partial charge in [0.1, 0.15) is 0 Å². The van der Waals surface area contributed by atoms with Crippen LogP contribution in [-0.2, 0) is 11.2 Å². The average Bonchev–Trinajstić information content (AvgIpc) is 2.63. The zero-order valence-corrected chi connectivity index (χ0v) is 16.5. The van der Waals surface area contributed by atoms with Crippen LogP contribution in [0, 0.1) is 19.8 Å². The first-order chi connectivity index (χ1) is 12.6. The van der Waals surface area contributed by atoms with Crippen molar-refractivity contribution in [2.75, 3.05) is 26.7 Å². The molecule has 1 aliphatic carbocycles. The Balaban J connectivity index is 1.62. The van der Waals surface area contributed by atoms with Crippen LogP contribution in [0.3, 0.4) is 0 Å². The van der Waals surface area contributed by atoms with Gasteiger partial charge in [0, 0.05) is 32.6 Å².